The molecular formula is C19H24F3N5O3. The van der Waals surface area contributed by atoms with E-state index in [2.05, 4.69) is 20.6 Å². The Kier molecular flexibility index (Phi) is 7.16. The molecule has 30 heavy (non-hydrogen) atoms. The number of aromatic nitrogens is 2. The second-order valence-electron chi connectivity index (χ2n) is 6.67. The number of rotatable bonds is 7. The Morgan fingerprint density at radius 3 is 2.70 bits per heavy atom. The second kappa shape index (κ2) is 9.81. The molecule has 2 heterocycles. The Balaban J connectivity index is 1.59. The van der Waals surface area contributed by atoms with Crippen LogP contribution < -0.4 is 15.4 Å². The zero-order valence-electron chi connectivity index (χ0n) is 16.5. The van der Waals surface area contributed by atoms with E-state index in [4.69, 9.17) is 9.47 Å². The maximum absolute atomic E-state index is 13.0. The van der Waals surface area contributed by atoms with Crippen molar-refractivity contribution >= 4 is 17.4 Å². The highest BCUT2D eigenvalue weighted by atomic mass is 19.4. The third-order valence-electron chi connectivity index (χ3n) is 4.50. The van der Waals surface area contributed by atoms with E-state index in [0.717, 1.165) is 31.8 Å². The molecule has 3 rings (SSSR count). The minimum atomic E-state index is -4.53. The fraction of sp³-hybridized carbons (Fsp3) is 0.474. The first kappa shape index (κ1) is 21.9. The quantitative estimate of drug-likeness (QED) is 0.709. The summed E-state index contributed by atoms with van der Waals surface area (Å²) >= 11 is 0. The number of amides is 2. The zero-order chi connectivity index (χ0) is 21.6. The Bertz CT molecular complexity index is 850. The molecule has 2 N–H and O–H groups in total. The van der Waals surface area contributed by atoms with Crippen LogP contribution in [-0.4, -0.2) is 60.2 Å². The van der Waals surface area contributed by atoms with Gasteiger partial charge in [0.15, 0.2) is 0 Å². The van der Waals surface area contributed by atoms with Crippen molar-refractivity contribution in [3.05, 3.63) is 36.2 Å². The van der Waals surface area contributed by atoms with Crippen molar-refractivity contribution < 1.29 is 27.4 Å². The number of urea groups is 1. The number of anilines is 2. The number of nitrogens with zero attached hydrogens (tertiary/aromatic N) is 3. The van der Waals surface area contributed by atoms with Gasteiger partial charge in [-0.1, -0.05) is 0 Å². The van der Waals surface area contributed by atoms with Crippen LogP contribution in [0.15, 0.2) is 30.6 Å². The zero-order valence-corrected chi connectivity index (χ0v) is 16.5. The number of carbonyl (C=O) groups excluding carboxylic acids is 1. The molecule has 1 saturated heterocycles. The van der Waals surface area contributed by atoms with Crippen LogP contribution >= 0.6 is 0 Å². The van der Waals surface area contributed by atoms with Crippen LogP contribution in [0.3, 0.4) is 0 Å². The number of hydrogen-bond acceptors (Lipinski definition) is 5. The first-order valence-corrected chi connectivity index (χ1v) is 9.60. The van der Waals surface area contributed by atoms with Gasteiger partial charge < -0.3 is 20.1 Å². The van der Waals surface area contributed by atoms with Gasteiger partial charge in [-0.05, 0) is 25.1 Å². The van der Waals surface area contributed by atoms with E-state index in [1.807, 2.05) is 0 Å². The average Bonchev–Trinajstić information content (AvgIpc) is 3.15. The van der Waals surface area contributed by atoms with E-state index >= 15 is 0 Å². The van der Waals surface area contributed by atoms with Crippen molar-refractivity contribution in [1.29, 1.82) is 0 Å². The number of alkyl halides is 3. The van der Waals surface area contributed by atoms with E-state index in [0.29, 0.717) is 25.4 Å². The highest BCUT2D eigenvalue weighted by Crippen LogP contribution is 2.35. The Labute approximate surface area is 171 Å². The Hall–Kier alpha value is -2.79. The molecule has 0 radical (unpaired) electrons. The molecule has 1 fully saturated rings. The van der Waals surface area contributed by atoms with Crippen LogP contribution in [-0.2, 0) is 17.5 Å². The molecule has 1 aliphatic rings. The van der Waals surface area contributed by atoms with Crippen molar-refractivity contribution in [3.63, 3.8) is 0 Å². The summed E-state index contributed by atoms with van der Waals surface area (Å²) in [6, 6.07) is 2.25. The number of carbonyl (C=O) groups is 1. The topological polar surface area (TPSA) is 80.7 Å². The number of nitrogens with one attached hydrogen (secondary N) is 2. The molecule has 164 valence electrons. The lowest BCUT2D eigenvalue weighted by Gasteiger charge is -2.26. The summed E-state index contributed by atoms with van der Waals surface area (Å²) in [5.74, 6) is 0.154. The Morgan fingerprint density at radius 2 is 2.00 bits per heavy atom. The highest BCUT2D eigenvalue weighted by Gasteiger charge is 2.31. The monoisotopic (exact) mass is 427 g/mol. The largest absolute Gasteiger partial charge is 0.492 e. The fourth-order valence-corrected chi connectivity index (χ4v) is 2.99. The van der Waals surface area contributed by atoms with Crippen molar-refractivity contribution in [2.45, 2.75) is 19.6 Å². The lowest BCUT2D eigenvalue weighted by Crippen LogP contribution is -2.38. The summed E-state index contributed by atoms with van der Waals surface area (Å²) in [6.45, 7) is 6.56. The molecule has 0 bridgehead atoms. The minimum absolute atomic E-state index is 0.0658. The summed E-state index contributed by atoms with van der Waals surface area (Å²) in [6.07, 6.45) is -1.39. The van der Waals surface area contributed by atoms with Gasteiger partial charge in [0.1, 0.15) is 5.75 Å². The molecule has 0 unspecified atom stereocenters. The number of ether oxygens (including phenoxy) is 2. The van der Waals surface area contributed by atoms with Crippen molar-refractivity contribution in [3.8, 4) is 5.75 Å². The van der Waals surface area contributed by atoms with Crippen LogP contribution in [0.2, 0.25) is 0 Å². The van der Waals surface area contributed by atoms with Gasteiger partial charge in [0, 0.05) is 25.8 Å². The van der Waals surface area contributed by atoms with Gasteiger partial charge in [0.25, 0.3) is 0 Å². The maximum atomic E-state index is 13.0. The van der Waals surface area contributed by atoms with Crippen LogP contribution in [0.25, 0.3) is 0 Å². The molecule has 0 saturated carbocycles. The fourth-order valence-electron chi connectivity index (χ4n) is 2.99. The number of hydrogen-bond donors (Lipinski definition) is 2. The number of morpholine rings is 1. The van der Waals surface area contributed by atoms with Gasteiger partial charge in [0.05, 0.1) is 49.5 Å². The molecule has 2 amide bonds. The molecular weight excluding hydrogens is 403 g/mol. The van der Waals surface area contributed by atoms with Gasteiger partial charge in [-0.2, -0.15) is 18.3 Å². The van der Waals surface area contributed by atoms with Crippen LogP contribution in [0.4, 0.5) is 29.3 Å². The Morgan fingerprint density at radius 1 is 1.23 bits per heavy atom. The van der Waals surface area contributed by atoms with E-state index < -0.39 is 17.8 Å². The molecule has 8 nitrogen and oxygen atoms in total. The maximum Gasteiger partial charge on any atom is 0.416 e. The van der Waals surface area contributed by atoms with Crippen molar-refractivity contribution in [2.75, 3.05) is 50.1 Å². The molecule has 2 aromatic rings. The van der Waals surface area contributed by atoms with Crippen molar-refractivity contribution in [2.24, 2.45) is 0 Å². The predicted molar refractivity (Wildman–Crippen MR) is 105 cm³/mol. The lowest BCUT2D eigenvalue weighted by atomic mass is 10.2. The molecule has 11 heteroatoms. The summed E-state index contributed by atoms with van der Waals surface area (Å²) in [7, 11) is 0. The van der Waals surface area contributed by atoms with E-state index in [9.17, 15) is 18.0 Å². The van der Waals surface area contributed by atoms with Crippen LogP contribution in [0.5, 0.6) is 5.75 Å². The molecule has 0 aliphatic carbocycles. The van der Waals surface area contributed by atoms with Crippen molar-refractivity contribution in [1.82, 2.24) is 14.7 Å². The molecule has 1 aromatic carbocycles. The summed E-state index contributed by atoms with van der Waals surface area (Å²) in [5.41, 5.74) is -0.513. The molecule has 0 atom stereocenters. The third-order valence-corrected chi connectivity index (χ3v) is 4.50. The minimum Gasteiger partial charge on any atom is -0.492 e. The smallest absolute Gasteiger partial charge is 0.416 e. The van der Waals surface area contributed by atoms with Gasteiger partial charge in [-0.15, -0.1) is 0 Å². The first-order chi connectivity index (χ1) is 14.3. The van der Waals surface area contributed by atoms with Gasteiger partial charge in [-0.25, -0.2) is 4.79 Å². The number of halogens is 3. The van der Waals surface area contributed by atoms with Crippen LogP contribution in [0.1, 0.15) is 12.5 Å². The van der Waals surface area contributed by atoms with E-state index in [1.165, 1.54) is 12.3 Å². The predicted octanol–water partition coefficient (Wildman–Crippen LogP) is 3.28. The first-order valence-electron chi connectivity index (χ1n) is 9.60. The van der Waals surface area contributed by atoms with E-state index in [1.54, 1.807) is 17.8 Å². The molecule has 1 aliphatic heterocycles. The molecule has 1 aromatic heterocycles. The SMILES string of the molecule is CCOc1ccc(C(F)(F)F)cc1NC(=O)Nc1cnn(CCN2CCOCC2)c1. The number of benzene rings is 1. The standard InChI is InChI=1S/C19H24F3N5O3/c1-2-30-17-4-3-14(19(20,21)22)11-16(17)25-18(28)24-15-12-23-27(13-15)6-5-26-7-9-29-10-8-26/h3-4,11-13H,2,5-10H2,1H3,(H2,24,25,28). The summed E-state index contributed by atoms with van der Waals surface area (Å²) < 4.78 is 51.3. The average molecular weight is 427 g/mol. The molecule has 0 spiro atoms. The van der Waals surface area contributed by atoms with Gasteiger partial charge in [-0.3, -0.25) is 9.58 Å². The highest BCUT2D eigenvalue weighted by molar-refractivity contribution is 6.00. The third kappa shape index (κ3) is 6.10. The summed E-state index contributed by atoms with van der Waals surface area (Å²) in [5, 5.41) is 9.18. The lowest BCUT2D eigenvalue weighted by molar-refractivity contribution is -0.137. The van der Waals surface area contributed by atoms with E-state index in [-0.39, 0.29) is 18.0 Å². The normalized spacial score (nSPS) is 15.1. The van der Waals surface area contributed by atoms with Gasteiger partial charge in [0.2, 0.25) is 0 Å². The van der Waals surface area contributed by atoms with Crippen LogP contribution in [0, 0.1) is 0 Å². The van der Waals surface area contributed by atoms with Gasteiger partial charge >= 0.3 is 12.2 Å². The second-order valence-corrected chi connectivity index (χ2v) is 6.67. The summed E-state index contributed by atoms with van der Waals surface area (Å²) in [4.78, 5) is 14.6.